The van der Waals surface area contributed by atoms with Crippen LogP contribution in [-0.4, -0.2) is 31.1 Å². The van der Waals surface area contributed by atoms with Gasteiger partial charge < -0.3 is 15.0 Å². The van der Waals surface area contributed by atoms with Crippen molar-refractivity contribution in [3.05, 3.63) is 48.7 Å². The zero-order valence-electron chi connectivity index (χ0n) is 12.2. The van der Waals surface area contributed by atoms with Gasteiger partial charge in [0.2, 0.25) is 5.91 Å². The Kier molecular flexibility index (Phi) is 5.15. The molecule has 5 heteroatoms. The van der Waals surface area contributed by atoms with Crippen molar-refractivity contribution in [1.82, 2.24) is 4.98 Å². The summed E-state index contributed by atoms with van der Waals surface area (Å²) in [4.78, 5) is 18.4. The van der Waals surface area contributed by atoms with Crippen LogP contribution < -0.4 is 15.0 Å². The molecule has 0 aliphatic carbocycles. The number of hydrogen-bond donors (Lipinski definition) is 1. The molecule has 0 radical (unpaired) electrons. The molecular formula is C16H19N3O2. The Balaban J connectivity index is 2.03. The molecule has 1 N–H and O–H groups in total. The lowest BCUT2D eigenvalue weighted by Gasteiger charge is -2.21. The third-order valence-corrected chi connectivity index (χ3v) is 3.07. The monoisotopic (exact) mass is 285 g/mol. The van der Waals surface area contributed by atoms with E-state index in [-0.39, 0.29) is 12.5 Å². The zero-order valence-corrected chi connectivity index (χ0v) is 12.2. The van der Waals surface area contributed by atoms with Gasteiger partial charge >= 0.3 is 0 Å². The highest BCUT2D eigenvalue weighted by molar-refractivity contribution is 5.95. The minimum atomic E-state index is -0.105. The molecule has 0 aliphatic heterocycles. The van der Waals surface area contributed by atoms with E-state index < -0.39 is 0 Å². The van der Waals surface area contributed by atoms with Crippen LogP contribution in [0.4, 0.5) is 11.5 Å². The second-order valence-corrected chi connectivity index (χ2v) is 4.45. The molecular weight excluding hydrogens is 266 g/mol. The molecule has 1 amide bonds. The molecule has 5 nitrogen and oxygen atoms in total. The summed E-state index contributed by atoms with van der Waals surface area (Å²) in [7, 11) is 1.58. The fourth-order valence-corrected chi connectivity index (χ4v) is 2.01. The molecule has 1 aromatic heterocycles. The molecule has 0 atom stereocenters. The van der Waals surface area contributed by atoms with Crippen LogP contribution in [0.3, 0.4) is 0 Å². The van der Waals surface area contributed by atoms with Crippen LogP contribution in [0, 0.1) is 0 Å². The van der Waals surface area contributed by atoms with Crippen LogP contribution in [0.1, 0.15) is 6.92 Å². The van der Waals surface area contributed by atoms with Crippen molar-refractivity contribution in [2.45, 2.75) is 6.92 Å². The van der Waals surface area contributed by atoms with E-state index in [1.54, 1.807) is 13.3 Å². The summed E-state index contributed by atoms with van der Waals surface area (Å²) in [5.41, 5.74) is 0.669. The first-order valence-electron chi connectivity index (χ1n) is 6.83. The Hall–Kier alpha value is -2.56. The molecule has 1 heterocycles. The smallest absolute Gasteiger partial charge is 0.244 e. The van der Waals surface area contributed by atoms with Crippen molar-refractivity contribution < 1.29 is 9.53 Å². The Morgan fingerprint density at radius 1 is 1.24 bits per heavy atom. The molecule has 21 heavy (non-hydrogen) atoms. The number of nitrogens with one attached hydrogen (secondary N) is 1. The average Bonchev–Trinajstić information content (AvgIpc) is 2.54. The highest BCUT2D eigenvalue weighted by Crippen LogP contribution is 2.23. The quantitative estimate of drug-likeness (QED) is 0.886. The highest BCUT2D eigenvalue weighted by Gasteiger charge is 2.12. The number of carbonyl (C=O) groups excluding carboxylic acids is 1. The number of hydrogen-bond acceptors (Lipinski definition) is 4. The number of carbonyl (C=O) groups is 1. The average molecular weight is 285 g/mol. The second kappa shape index (κ2) is 7.28. The van der Waals surface area contributed by atoms with E-state index in [2.05, 4.69) is 10.3 Å². The fraction of sp³-hybridized carbons (Fsp3) is 0.250. The molecule has 0 fully saturated rings. The van der Waals surface area contributed by atoms with Gasteiger partial charge in [0.15, 0.2) is 0 Å². The molecule has 0 saturated heterocycles. The minimum absolute atomic E-state index is 0.105. The molecule has 0 saturated carbocycles. The van der Waals surface area contributed by atoms with Crippen LogP contribution in [0.5, 0.6) is 5.75 Å². The van der Waals surface area contributed by atoms with Gasteiger partial charge in [0.1, 0.15) is 11.6 Å². The molecule has 0 unspecified atom stereocenters. The molecule has 2 aromatic rings. The van der Waals surface area contributed by atoms with E-state index in [1.807, 2.05) is 54.3 Å². The van der Waals surface area contributed by atoms with E-state index in [0.717, 1.165) is 5.82 Å². The van der Waals surface area contributed by atoms with Gasteiger partial charge in [-0.2, -0.15) is 0 Å². The number of aromatic nitrogens is 1. The predicted octanol–water partition coefficient (Wildman–Crippen LogP) is 2.56. The summed E-state index contributed by atoms with van der Waals surface area (Å²) in [6, 6.07) is 13.0. The number of ether oxygens (including phenoxy) is 1. The van der Waals surface area contributed by atoms with Gasteiger partial charge in [-0.3, -0.25) is 4.79 Å². The van der Waals surface area contributed by atoms with Crippen LogP contribution in [0.25, 0.3) is 0 Å². The number of amides is 1. The van der Waals surface area contributed by atoms with Crippen molar-refractivity contribution in [2.75, 3.05) is 30.4 Å². The summed E-state index contributed by atoms with van der Waals surface area (Å²) in [6.45, 7) is 2.94. The largest absolute Gasteiger partial charge is 0.495 e. The summed E-state index contributed by atoms with van der Waals surface area (Å²) in [5, 5.41) is 2.86. The van der Waals surface area contributed by atoms with Crippen molar-refractivity contribution in [1.29, 1.82) is 0 Å². The van der Waals surface area contributed by atoms with E-state index >= 15 is 0 Å². The van der Waals surface area contributed by atoms with Gasteiger partial charge in [-0.15, -0.1) is 0 Å². The second-order valence-electron chi connectivity index (χ2n) is 4.45. The first kappa shape index (κ1) is 14.8. The van der Waals surface area contributed by atoms with Gasteiger partial charge in [-0.1, -0.05) is 18.2 Å². The summed E-state index contributed by atoms with van der Waals surface area (Å²) < 4.78 is 5.22. The summed E-state index contributed by atoms with van der Waals surface area (Å²) in [5.74, 6) is 1.33. The maximum absolute atomic E-state index is 12.2. The van der Waals surface area contributed by atoms with Gasteiger partial charge in [-0.05, 0) is 31.2 Å². The Labute approximate surface area is 124 Å². The van der Waals surface area contributed by atoms with Crippen molar-refractivity contribution in [2.24, 2.45) is 0 Å². The zero-order chi connectivity index (χ0) is 15.1. The topological polar surface area (TPSA) is 54.5 Å². The Bertz CT molecular complexity index is 587. The standard InChI is InChI=1S/C16H19N3O2/c1-3-19(15-10-6-7-11-17-15)12-16(20)18-13-8-4-5-9-14(13)21-2/h4-11H,3,12H2,1-2H3,(H,18,20). The van der Waals surface area contributed by atoms with Crippen molar-refractivity contribution in [3.8, 4) is 5.75 Å². The number of benzene rings is 1. The maximum atomic E-state index is 12.2. The molecule has 110 valence electrons. The number of anilines is 2. The first-order chi connectivity index (χ1) is 10.2. The van der Waals surface area contributed by atoms with Crippen LogP contribution in [0.15, 0.2) is 48.7 Å². The van der Waals surface area contributed by atoms with Gasteiger partial charge in [0.05, 0.1) is 19.3 Å². The number of pyridine rings is 1. The molecule has 0 bridgehead atoms. The Morgan fingerprint density at radius 3 is 2.67 bits per heavy atom. The third-order valence-electron chi connectivity index (χ3n) is 3.07. The van der Waals surface area contributed by atoms with Crippen LogP contribution in [0.2, 0.25) is 0 Å². The minimum Gasteiger partial charge on any atom is -0.495 e. The number of para-hydroxylation sites is 2. The molecule has 0 aliphatic rings. The maximum Gasteiger partial charge on any atom is 0.244 e. The van der Waals surface area contributed by atoms with Gasteiger partial charge in [0.25, 0.3) is 0 Å². The number of likely N-dealkylation sites (N-methyl/N-ethyl adjacent to an activating group) is 1. The first-order valence-corrected chi connectivity index (χ1v) is 6.83. The number of rotatable bonds is 6. The summed E-state index contributed by atoms with van der Waals surface area (Å²) in [6.07, 6.45) is 1.72. The van der Waals surface area contributed by atoms with E-state index in [1.165, 1.54) is 0 Å². The third kappa shape index (κ3) is 3.95. The van der Waals surface area contributed by atoms with E-state index in [0.29, 0.717) is 18.0 Å². The molecule has 0 spiro atoms. The SMILES string of the molecule is CCN(CC(=O)Nc1ccccc1OC)c1ccccn1. The van der Waals surface area contributed by atoms with Gasteiger partial charge in [0, 0.05) is 12.7 Å². The Morgan fingerprint density at radius 2 is 2.00 bits per heavy atom. The normalized spacial score (nSPS) is 10.0. The predicted molar refractivity (Wildman–Crippen MR) is 83.7 cm³/mol. The van der Waals surface area contributed by atoms with E-state index in [4.69, 9.17) is 4.74 Å². The highest BCUT2D eigenvalue weighted by atomic mass is 16.5. The number of nitrogens with zero attached hydrogens (tertiary/aromatic N) is 2. The number of methoxy groups -OCH3 is 1. The lowest BCUT2D eigenvalue weighted by atomic mass is 10.3. The van der Waals surface area contributed by atoms with Crippen molar-refractivity contribution >= 4 is 17.4 Å². The van der Waals surface area contributed by atoms with Crippen LogP contribution in [-0.2, 0) is 4.79 Å². The molecule has 1 aromatic carbocycles. The fourth-order valence-electron chi connectivity index (χ4n) is 2.01. The van der Waals surface area contributed by atoms with Gasteiger partial charge in [-0.25, -0.2) is 4.98 Å². The van der Waals surface area contributed by atoms with Crippen molar-refractivity contribution in [3.63, 3.8) is 0 Å². The van der Waals surface area contributed by atoms with Crippen LogP contribution >= 0.6 is 0 Å². The lowest BCUT2D eigenvalue weighted by molar-refractivity contribution is -0.115. The van der Waals surface area contributed by atoms with E-state index in [9.17, 15) is 4.79 Å². The summed E-state index contributed by atoms with van der Waals surface area (Å²) >= 11 is 0. The molecule has 2 rings (SSSR count). The lowest BCUT2D eigenvalue weighted by Crippen LogP contribution is -2.33.